The first-order chi connectivity index (χ1) is 10.3. The second-order valence-corrected chi connectivity index (χ2v) is 5.19. The SMILES string of the molecule is CCOC1CN(C(=O)Cc2ccccc2C(F)(F)F)CC1O. The molecule has 0 spiro atoms. The molecule has 122 valence electrons. The van der Waals surface area contributed by atoms with Gasteiger partial charge in [-0.2, -0.15) is 13.2 Å². The van der Waals surface area contributed by atoms with Crippen molar-refractivity contribution in [1.29, 1.82) is 0 Å². The van der Waals surface area contributed by atoms with E-state index in [1.54, 1.807) is 6.92 Å². The van der Waals surface area contributed by atoms with Gasteiger partial charge < -0.3 is 14.7 Å². The normalized spacial score (nSPS) is 22.1. The fraction of sp³-hybridized carbons (Fsp3) is 0.533. The number of aliphatic hydroxyl groups excluding tert-OH is 1. The molecule has 1 amide bonds. The Morgan fingerprint density at radius 1 is 1.36 bits per heavy atom. The second kappa shape index (κ2) is 6.66. The minimum Gasteiger partial charge on any atom is -0.388 e. The van der Waals surface area contributed by atoms with E-state index in [2.05, 4.69) is 0 Å². The van der Waals surface area contributed by atoms with Gasteiger partial charge in [-0.05, 0) is 18.6 Å². The van der Waals surface area contributed by atoms with Crippen LogP contribution in [-0.2, 0) is 22.1 Å². The summed E-state index contributed by atoms with van der Waals surface area (Å²) >= 11 is 0. The number of halogens is 3. The summed E-state index contributed by atoms with van der Waals surface area (Å²) in [6, 6.07) is 5.03. The van der Waals surface area contributed by atoms with E-state index >= 15 is 0 Å². The Morgan fingerprint density at radius 3 is 2.68 bits per heavy atom. The molecule has 1 aromatic rings. The number of amides is 1. The Bertz CT molecular complexity index is 533. The van der Waals surface area contributed by atoms with Crippen LogP contribution in [-0.4, -0.2) is 47.8 Å². The van der Waals surface area contributed by atoms with Crippen LogP contribution in [0.4, 0.5) is 13.2 Å². The van der Waals surface area contributed by atoms with Gasteiger partial charge in [0.05, 0.1) is 18.1 Å². The van der Waals surface area contributed by atoms with Crippen molar-refractivity contribution in [3.05, 3.63) is 35.4 Å². The maximum atomic E-state index is 12.9. The number of benzene rings is 1. The number of carbonyl (C=O) groups excluding carboxylic acids is 1. The van der Waals surface area contributed by atoms with Gasteiger partial charge in [0.1, 0.15) is 6.10 Å². The number of alkyl halides is 3. The van der Waals surface area contributed by atoms with E-state index in [9.17, 15) is 23.1 Å². The van der Waals surface area contributed by atoms with E-state index in [1.807, 2.05) is 0 Å². The second-order valence-electron chi connectivity index (χ2n) is 5.19. The number of carbonyl (C=O) groups is 1. The van der Waals surface area contributed by atoms with Gasteiger partial charge in [-0.3, -0.25) is 4.79 Å². The van der Waals surface area contributed by atoms with Gasteiger partial charge in [0.25, 0.3) is 0 Å². The monoisotopic (exact) mass is 317 g/mol. The highest BCUT2D eigenvalue weighted by Gasteiger charge is 2.36. The first kappa shape index (κ1) is 16.8. The number of rotatable bonds is 4. The van der Waals surface area contributed by atoms with Crippen molar-refractivity contribution in [2.24, 2.45) is 0 Å². The van der Waals surface area contributed by atoms with Crippen molar-refractivity contribution >= 4 is 5.91 Å². The van der Waals surface area contributed by atoms with Gasteiger partial charge in [0.2, 0.25) is 5.91 Å². The van der Waals surface area contributed by atoms with Crippen molar-refractivity contribution in [1.82, 2.24) is 4.90 Å². The van der Waals surface area contributed by atoms with E-state index < -0.39 is 29.9 Å². The minimum absolute atomic E-state index is 0.0608. The Kier molecular flexibility index (Phi) is 5.08. The summed E-state index contributed by atoms with van der Waals surface area (Å²) in [4.78, 5) is 13.5. The van der Waals surface area contributed by atoms with Gasteiger partial charge in [-0.1, -0.05) is 18.2 Å². The molecule has 1 fully saturated rings. The Labute approximate surface area is 126 Å². The van der Waals surface area contributed by atoms with E-state index in [1.165, 1.54) is 23.1 Å². The van der Waals surface area contributed by atoms with Crippen molar-refractivity contribution in [3.8, 4) is 0 Å². The number of aliphatic hydroxyl groups is 1. The highest BCUT2D eigenvalue weighted by Crippen LogP contribution is 2.32. The molecule has 1 aromatic carbocycles. The Morgan fingerprint density at radius 2 is 2.05 bits per heavy atom. The molecule has 0 bridgehead atoms. The summed E-state index contributed by atoms with van der Waals surface area (Å²) in [5.74, 6) is -0.446. The third-order valence-corrected chi connectivity index (χ3v) is 3.63. The van der Waals surface area contributed by atoms with Crippen molar-refractivity contribution in [2.75, 3.05) is 19.7 Å². The molecule has 2 rings (SSSR count). The summed E-state index contributed by atoms with van der Waals surface area (Å²) < 4.78 is 44.0. The largest absolute Gasteiger partial charge is 0.416 e. The van der Waals surface area contributed by atoms with Crippen LogP contribution in [0.2, 0.25) is 0 Å². The zero-order valence-electron chi connectivity index (χ0n) is 12.1. The van der Waals surface area contributed by atoms with Crippen molar-refractivity contribution in [2.45, 2.75) is 31.7 Å². The number of ether oxygens (including phenoxy) is 1. The first-order valence-corrected chi connectivity index (χ1v) is 7.05. The lowest BCUT2D eigenvalue weighted by molar-refractivity contribution is -0.138. The quantitative estimate of drug-likeness (QED) is 0.922. The van der Waals surface area contributed by atoms with Gasteiger partial charge in [0, 0.05) is 19.7 Å². The molecule has 1 heterocycles. The standard InChI is InChI=1S/C15H18F3NO3/c1-2-22-13-9-19(8-12(13)20)14(21)7-10-5-3-4-6-11(10)15(16,17)18/h3-6,12-13,20H,2,7-9H2,1H3. The van der Waals surface area contributed by atoms with Crippen LogP contribution in [0, 0.1) is 0 Å². The van der Waals surface area contributed by atoms with E-state index in [0.29, 0.717) is 6.61 Å². The highest BCUT2D eigenvalue weighted by molar-refractivity contribution is 5.79. The van der Waals surface area contributed by atoms with Crippen molar-refractivity contribution < 1.29 is 27.8 Å². The summed E-state index contributed by atoms with van der Waals surface area (Å²) in [6.45, 7) is 2.46. The average molecular weight is 317 g/mol. The number of hydrogen-bond acceptors (Lipinski definition) is 3. The van der Waals surface area contributed by atoms with E-state index in [0.717, 1.165) is 6.07 Å². The Hall–Kier alpha value is -1.60. The predicted octanol–water partition coefficient (Wildman–Crippen LogP) is 1.86. The lowest BCUT2D eigenvalue weighted by atomic mass is 10.0. The fourth-order valence-corrected chi connectivity index (χ4v) is 2.56. The number of β-amino-alcohol motifs (C(OH)–C–C–N with tert-alkyl or cyclic N) is 1. The van der Waals surface area contributed by atoms with Crippen LogP contribution in [0.3, 0.4) is 0 Å². The summed E-state index contributed by atoms with van der Waals surface area (Å²) in [7, 11) is 0. The van der Waals surface area contributed by atoms with Crippen LogP contribution < -0.4 is 0 Å². The van der Waals surface area contributed by atoms with Crippen LogP contribution in [0.25, 0.3) is 0 Å². The molecule has 0 saturated carbocycles. The number of hydrogen-bond donors (Lipinski definition) is 1. The zero-order valence-corrected chi connectivity index (χ0v) is 12.1. The van der Waals surface area contributed by atoms with Gasteiger partial charge in [0.15, 0.2) is 0 Å². The molecule has 1 aliphatic rings. The third kappa shape index (κ3) is 3.78. The van der Waals surface area contributed by atoms with Crippen LogP contribution >= 0.6 is 0 Å². The van der Waals surface area contributed by atoms with Gasteiger partial charge >= 0.3 is 6.18 Å². The molecule has 0 aliphatic carbocycles. The fourth-order valence-electron chi connectivity index (χ4n) is 2.56. The summed E-state index contributed by atoms with van der Waals surface area (Å²) in [6.07, 6.45) is -6.12. The van der Waals surface area contributed by atoms with Crippen LogP contribution in [0.15, 0.2) is 24.3 Å². The van der Waals surface area contributed by atoms with Gasteiger partial charge in [-0.25, -0.2) is 0 Å². The topological polar surface area (TPSA) is 49.8 Å². The molecule has 1 aliphatic heterocycles. The highest BCUT2D eigenvalue weighted by atomic mass is 19.4. The lowest BCUT2D eigenvalue weighted by Crippen LogP contribution is -2.32. The van der Waals surface area contributed by atoms with Crippen molar-refractivity contribution in [3.63, 3.8) is 0 Å². The molecule has 0 radical (unpaired) electrons. The molecule has 2 unspecified atom stereocenters. The van der Waals surface area contributed by atoms with Crippen LogP contribution in [0.5, 0.6) is 0 Å². The zero-order chi connectivity index (χ0) is 16.3. The van der Waals surface area contributed by atoms with Crippen LogP contribution in [0.1, 0.15) is 18.1 Å². The molecule has 7 heteroatoms. The maximum Gasteiger partial charge on any atom is 0.416 e. The molecular formula is C15H18F3NO3. The smallest absolute Gasteiger partial charge is 0.388 e. The van der Waals surface area contributed by atoms with Gasteiger partial charge in [-0.15, -0.1) is 0 Å². The summed E-state index contributed by atoms with van der Waals surface area (Å²) in [5, 5.41) is 9.79. The minimum atomic E-state index is -4.49. The predicted molar refractivity (Wildman–Crippen MR) is 73.1 cm³/mol. The Balaban J connectivity index is 2.08. The number of nitrogens with zero attached hydrogens (tertiary/aromatic N) is 1. The lowest BCUT2D eigenvalue weighted by Gasteiger charge is -2.18. The molecule has 22 heavy (non-hydrogen) atoms. The third-order valence-electron chi connectivity index (χ3n) is 3.63. The maximum absolute atomic E-state index is 12.9. The molecule has 0 aromatic heterocycles. The van der Waals surface area contributed by atoms with E-state index in [-0.39, 0.29) is 25.1 Å². The molecule has 1 N–H and O–H groups in total. The first-order valence-electron chi connectivity index (χ1n) is 7.05. The molecule has 1 saturated heterocycles. The molecule has 2 atom stereocenters. The average Bonchev–Trinajstić information content (AvgIpc) is 2.80. The molecule has 4 nitrogen and oxygen atoms in total. The number of likely N-dealkylation sites (tertiary alicyclic amines) is 1. The molecular weight excluding hydrogens is 299 g/mol. The van der Waals surface area contributed by atoms with E-state index in [4.69, 9.17) is 4.74 Å². The summed E-state index contributed by atoms with van der Waals surface area (Å²) in [5.41, 5.74) is -0.862.